The van der Waals surface area contributed by atoms with Gasteiger partial charge in [0.2, 0.25) is 0 Å². The van der Waals surface area contributed by atoms with Crippen LogP contribution in [0.3, 0.4) is 0 Å². The quantitative estimate of drug-likeness (QED) is 0.0256. The maximum Gasteiger partial charge on any atom is 0.405 e. The Hall–Kier alpha value is -2.76. The summed E-state index contributed by atoms with van der Waals surface area (Å²) in [7, 11) is -2.82. The van der Waals surface area contributed by atoms with Gasteiger partial charge in [-0.15, -0.1) is 0 Å². The fraction of sp³-hybridized carbons (Fsp3) is 0.593. The first-order valence-electron chi connectivity index (χ1n) is 26.7. The van der Waals surface area contributed by atoms with Crippen molar-refractivity contribution in [1.82, 2.24) is 0 Å². The molecule has 0 saturated heterocycles. The molecule has 65 heavy (non-hydrogen) atoms. The van der Waals surface area contributed by atoms with Crippen molar-refractivity contribution in [3.63, 3.8) is 0 Å². The molecule has 4 aromatic carbocycles. The molecule has 0 radical (unpaired) electrons. The predicted molar refractivity (Wildman–Crippen MR) is 290 cm³/mol. The van der Waals surface area contributed by atoms with Gasteiger partial charge in [-0.1, -0.05) is 229 Å². The molecule has 4 nitrogen and oxygen atoms in total. The van der Waals surface area contributed by atoms with Gasteiger partial charge < -0.3 is 24.0 Å². The van der Waals surface area contributed by atoms with Crippen LogP contribution < -0.4 is 42.7 Å². The van der Waals surface area contributed by atoms with E-state index in [1.165, 1.54) is 194 Å². The van der Waals surface area contributed by atoms with Crippen LogP contribution in [0.4, 0.5) is 22.7 Å². The number of halogens is 1. The number of unbranched alkanes of at least 4 members (excludes halogenated alkanes) is 20. The van der Waals surface area contributed by atoms with E-state index >= 15 is 0 Å². The summed E-state index contributed by atoms with van der Waals surface area (Å²) in [5.41, 5.74) is 9.68. The summed E-state index contributed by atoms with van der Waals surface area (Å²) in [5, 5.41) is 0. The van der Waals surface area contributed by atoms with Crippen LogP contribution in [0, 0.1) is 20.8 Å². The summed E-state index contributed by atoms with van der Waals surface area (Å²) in [6, 6.07) is 40.1. The summed E-state index contributed by atoms with van der Waals surface area (Å²) < 4.78 is 12.2. The van der Waals surface area contributed by atoms with E-state index in [2.05, 4.69) is 170 Å². The molecule has 0 fully saturated rings. The first-order valence-corrected chi connectivity index (χ1v) is 28.3. The second kappa shape index (κ2) is 33.7. The van der Waals surface area contributed by atoms with Crippen LogP contribution in [-0.2, 0) is 0 Å². The smallest absolute Gasteiger partial charge is 0.405 e. The Morgan fingerprint density at radius 1 is 0.292 bits per heavy atom. The molecule has 0 N–H and O–H groups in total. The first-order chi connectivity index (χ1) is 31.4. The first kappa shape index (κ1) is 56.6. The van der Waals surface area contributed by atoms with Crippen molar-refractivity contribution >= 4 is 30.6 Å². The van der Waals surface area contributed by atoms with Crippen LogP contribution in [0.2, 0.25) is 0 Å². The molecule has 0 spiro atoms. The number of anilines is 4. The normalized spacial score (nSPS) is 11.4. The Kier molecular flexibility index (Phi) is 29.3. The van der Waals surface area contributed by atoms with Crippen LogP contribution in [0.25, 0.3) is 0 Å². The van der Waals surface area contributed by atoms with Gasteiger partial charge in [0.15, 0.2) is 0 Å². The Bertz CT molecular complexity index is 1620. The third-order valence-electron chi connectivity index (χ3n) is 13.4. The summed E-state index contributed by atoms with van der Waals surface area (Å²) >= 11 is 0. The van der Waals surface area contributed by atoms with Crippen molar-refractivity contribution in [3.05, 3.63) is 120 Å². The molecule has 0 bridgehead atoms. The third kappa shape index (κ3) is 17.7. The number of nitrogens with zero attached hydrogens (tertiary/aromatic N) is 4. The van der Waals surface area contributed by atoms with Gasteiger partial charge in [0.1, 0.15) is 0 Å². The summed E-state index contributed by atoms with van der Waals surface area (Å²) in [4.78, 5) is 0. The van der Waals surface area contributed by atoms with Gasteiger partial charge in [0.25, 0.3) is 0 Å². The largest absolute Gasteiger partial charge is 1.00 e. The molecule has 0 aliphatic heterocycles. The molecule has 6 heteroatoms. The second-order valence-electron chi connectivity index (χ2n) is 18.8. The third-order valence-corrected chi connectivity index (χ3v) is 17.7. The van der Waals surface area contributed by atoms with E-state index < -0.39 is 7.87 Å². The Labute approximate surface area is 419 Å². The molecule has 0 aromatic heterocycles. The molecule has 0 aliphatic rings. The van der Waals surface area contributed by atoms with Crippen molar-refractivity contribution in [2.75, 3.05) is 44.9 Å². The average Bonchev–Trinajstić information content (AvgIpc) is 3.31. The van der Waals surface area contributed by atoms with Gasteiger partial charge >= 0.3 is 7.87 Å². The fourth-order valence-electron chi connectivity index (χ4n) is 9.72. The van der Waals surface area contributed by atoms with Crippen LogP contribution in [0.15, 0.2) is 103 Å². The minimum atomic E-state index is -2.82. The van der Waals surface area contributed by atoms with Crippen molar-refractivity contribution in [1.29, 1.82) is 0 Å². The molecule has 0 aliphatic carbocycles. The zero-order chi connectivity index (χ0) is 45.7. The maximum absolute atomic E-state index is 3.05. The van der Waals surface area contributed by atoms with Crippen LogP contribution >= 0.6 is 7.87 Å². The van der Waals surface area contributed by atoms with Crippen molar-refractivity contribution in [3.8, 4) is 0 Å². The number of hydrogen-bond donors (Lipinski definition) is 0. The molecular formula is C59H94IN4P. The SMILES string of the molecule is CCCCCCCCN(c1ccccc1)[P+](N(CCCCCCCC)c1ccccc1C)(N(CCCCCCCC)c1ccccc1C)N(CCCCCCCC)c1ccccc1C.[I-]. The van der Waals surface area contributed by atoms with Crippen LogP contribution in [0.5, 0.6) is 0 Å². The van der Waals surface area contributed by atoms with Gasteiger partial charge in [-0.05, 0) is 93.5 Å². The molecule has 0 amide bonds. The summed E-state index contributed by atoms with van der Waals surface area (Å²) in [6.45, 7) is 20.6. The topological polar surface area (TPSA) is 13.0 Å². The van der Waals surface area contributed by atoms with E-state index in [4.69, 9.17) is 0 Å². The molecule has 4 rings (SSSR count). The molecule has 362 valence electrons. The molecule has 4 aromatic rings. The van der Waals surface area contributed by atoms with Gasteiger partial charge in [0, 0.05) is 0 Å². The highest BCUT2D eigenvalue weighted by Crippen LogP contribution is 2.74. The highest BCUT2D eigenvalue weighted by Gasteiger charge is 2.63. The van der Waals surface area contributed by atoms with Crippen molar-refractivity contribution in [2.45, 2.75) is 203 Å². The molecule has 0 atom stereocenters. The van der Waals surface area contributed by atoms with Crippen LogP contribution in [-0.4, -0.2) is 26.2 Å². The van der Waals surface area contributed by atoms with E-state index in [0.717, 1.165) is 26.2 Å². The van der Waals surface area contributed by atoms with E-state index in [1.54, 1.807) is 0 Å². The molecule has 0 heterocycles. The van der Waals surface area contributed by atoms with Gasteiger partial charge in [0.05, 0.1) is 48.9 Å². The van der Waals surface area contributed by atoms with E-state index in [9.17, 15) is 0 Å². The lowest BCUT2D eigenvalue weighted by molar-refractivity contribution is -0.0000135. The minimum absolute atomic E-state index is 0. The Morgan fingerprint density at radius 3 is 0.831 bits per heavy atom. The number of rotatable bonds is 36. The number of para-hydroxylation sites is 4. The molecule has 0 saturated carbocycles. The summed E-state index contributed by atoms with van der Waals surface area (Å²) in [6.07, 6.45) is 30.7. The Morgan fingerprint density at radius 2 is 0.538 bits per heavy atom. The predicted octanol–water partition coefficient (Wildman–Crippen LogP) is 16.1. The lowest BCUT2D eigenvalue weighted by atomic mass is 10.1. The second-order valence-corrected chi connectivity index (χ2v) is 21.8. The number of hydrogen-bond acceptors (Lipinski definition) is 4. The monoisotopic (exact) mass is 1020 g/mol. The zero-order valence-corrected chi connectivity index (χ0v) is 45.8. The highest BCUT2D eigenvalue weighted by atomic mass is 127. The maximum atomic E-state index is 3.05. The number of benzene rings is 4. The summed E-state index contributed by atoms with van der Waals surface area (Å²) in [5.74, 6) is 0. The fourth-order valence-corrected chi connectivity index (χ4v) is 14.9. The highest BCUT2D eigenvalue weighted by molar-refractivity contribution is 7.81. The van der Waals surface area contributed by atoms with E-state index in [-0.39, 0.29) is 24.0 Å². The van der Waals surface area contributed by atoms with Crippen LogP contribution in [0.1, 0.15) is 198 Å². The molecule has 0 unspecified atom stereocenters. The lowest BCUT2D eigenvalue weighted by Gasteiger charge is -2.54. The lowest BCUT2D eigenvalue weighted by Crippen LogP contribution is -3.00. The van der Waals surface area contributed by atoms with Crippen molar-refractivity contribution < 1.29 is 24.0 Å². The minimum Gasteiger partial charge on any atom is -1.00 e. The van der Waals surface area contributed by atoms with E-state index in [1.807, 2.05) is 0 Å². The van der Waals surface area contributed by atoms with Gasteiger partial charge in [-0.3, -0.25) is 0 Å². The zero-order valence-electron chi connectivity index (χ0n) is 42.7. The van der Waals surface area contributed by atoms with Crippen molar-refractivity contribution in [2.24, 2.45) is 0 Å². The average molecular weight is 1020 g/mol. The number of aryl methyl sites for hydroxylation is 3. The standard InChI is InChI=1S/C59H94N4P.HI/c1-8-12-16-20-24-37-49-60(56-44-29-28-30-45-56)64(61(50-38-25-21-17-13-9-2)57-46-34-31-41-53(57)5,62(51-39-26-22-18-14-10-3)58-47-35-32-42-54(58)6)63(52-40-27-23-19-15-11-4)59-48-36-33-43-55(59)7;/h28-36,41-48H,8-27,37-40,49-52H2,1-7H3;1H/q+1;/p-1. The Balaban J connectivity index is 0.0000112. The van der Waals surface area contributed by atoms with E-state index in [0.29, 0.717) is 0 Å². The van der Waals surface area contributed by atoms with Gasteiger partial charge in [-0.25, -0.2) is 0 Å². The molecular weight excluding hydrogens is 923 g/mol. The van der Waals surface area contributed by atoms with Gasteiger partial charge in [-0.2, -0.15) is 18.7 Å².